The van der Waals surface area contributed by atoms with E-state index in [0.29, 0.717) is 28.1 Å². The van der Waals surface area contributed by atoms with E-state index in [1.165, 1.54) is 37.9 Å². The Kier molecular flexibility index (Phi) is 4.39. The molecule has 2 atom stereocenters. The van der Waals surface area contributed by atoms with Crippen LogP contribution in [-0.4, -0.2) is 64.7 Å². The molecule has 26 heavy (non-hydrogen) atoms. The van der Waals surface area contributed by atoms with Crippen LogP contribution in [0.4, 0.5) is 4.39 Å². The Morgan fingerprint density at radius 3 is 2.77 bits per heavy atom. The van der Waals surface area contributed by atoms with Gasteiger partial charge >= 0.3 is 0 Å². The van der Waals surface area contributed by atoms with Gasteiger partial charge in [0, 0.05) is 44.9 Å². The molecule has 7 heteroatoms. The van der Waals surface area contributed by atoms with Gasteiger partial charge in [0.05, 0.1) is 17.1 Å². The molecule has 6 rings (SSSR count). The molecular weight excluding hydrogens is 355 g/mol. The summed E-state index contributed by atoms with van der Waals surface area (Å²) in [6, 6.07) is 4.11. The molecule has 2 unspecified atom stereocenters. The van der Waals surface area contributed by atoms with Crippen molar-refractivity contribution in [2.45, 2.75) is 37.9 Å². The van der Waals surface area contributed by atoms with E-state index in [9.17, 15) is 4.39 Å². The second-order valence-corrected chi connectivity index (χ2v) is 8.36. The molecule has 0 radical (unpaired) electrons. The van der Waals surface area contributed by atoms with Crippen LogP contribution in [0.5, 0.6) is 0 Å². The number of rotatable bonds is 4. The summed E-state index contributed by atoms with van der Waals surface area (Å²) in [5.41, 5.74) is 1.33. The lowest BCUT2D eigenvalue weighted by Gasteiger charge is -2.57. The molecule has 4 saturated heterocycles. The van der Waals surface area contributed by atoms with Gasteiger partial charge in [-0.1, -0.05) is 11.6 Å². The van der Waals surface area contributed by atoms with Crippen molar-refractivity contribution in [2.75, 3.05) is 32.8 Å². The van der Waals surface area contributed by atoms with E-state index >= 15 is 0 Å². The molecule has 2 bridgehead atoms. The Hall–Kier alpha value is -1.21. The maximum atomic E-state index is 13.5. The molecule has 0 aliphatic carbocycles. The average Bonchev–Trinajstić information content (AvgIpc) is 3.03. The SMILES string of the molecule is Fc1cc(Cl)c2nc(CN3CC4CC(C3)N4CC3CCOCC3)[nH]c2c1. The molecule has 140 valence electrons. The zero-order valence-electron chi connectivity index (χ0n) is 14.8. The van der Waals surface area contributed by atoms with Crippen molar-refractivity contribution in [3.63, 3.8) is 0 Å². The predicted octanol–water partition coefficient (Wildman–Crippen LogP) is 3.04. The number of aromatic amines is 1. The van der Waals surface area contributed by atoms with Crippen LogP contribution in [0.15, 0.2) is 12.1 Å². The average molecular weight is 379 g/mol. The number of aromatic nitrogens is 2. The maximum absolute atomic E-state index is 13.5. The fourth-order valence-electron chi connectivity index (χ4n) is 4.81. The number of halogens is 2. The third-order valence-electron chi connectivity index (χ3n) is 6.16. The normalized spacial score (nSPS) is 27.8. The molecule has 0 amide bonds. The van der Waals surface area contributed by atoms with Gasteiger partial charge in [0.15, 0.2) is 0 Å². The van der Waals surface area contributed by atoms with Crippen LogP contribution < -0.4 is 0 Å². The van der Waals surface area contributed by atoms with Gasteiger partial charge in [-0.2, -0.15) is 0 Å². The third kappa shape index (κ3) is 3.13. The van der Waals surface area contributed by atoms with Crippen molar-refractivity contribution in [2.24, 2.45) is 5.92 Å². The van der Waals surface area contributed by atoms with Gasteiger partial charge < -0.3 is 9.72 Å². The van der Waals surface area contributed by atoms with E-state index < -0.39 is 0 Å². The quantitative estimate of drug-likeness (QED) is 0.888. The van der Waals surface area contributed by atoms with Gasteiger partial charge in [-0.05, 0) is 37.3 Å². The minimum atomic E-state index is -0.333. The number of fused-ring (bicyclic) bond motifs is 3. The highest BCUT2D eigenvalue weighted by Gasteiger charge is 2.45. The summed E-state index contributed by atoms with van der Waals surface area (Å²) in [4.78, 5) is 13.0. The summed E-state index contributed by atoms with van der Waals surface area (Å²) in [7, 11) is 0. The molecule has 1 N–H and O–H groups in total. The minimum Gasteiger partial charge on any atom is -0.381 e. The minimum absolute atomic E-state index is 0.333. The van der Waals surface area contributed by atoms with Crippen LogP contribution in [0, 0.1) is 11.7 Å². The molecule has 4 aliphatic rings. The number of hydrogen-bond acceptors (Lipinski definition) is 4. The second kappa shape index (κ2) is 6.75. The monoisotopic (exact) mass is 378 g/mol. The Bertz CT molecular complexity index is 794. The Morgan fingerprint density at radius 1 is 1.23 bits per heavy atom. The molecule has 5 heterocycles. The smallest absolute Gasteiger partial charge is 0.126 e. The van der Waals surface area contributed by atoms with Crippen LogP contribution in [0.2, 0.25) is 5.02 Å². The molecule has 2 aromatic rings. The summed E-state index contributed by atoms with van der Waals surface area (Å²) in [6.45, 7) is 6.01. The van der Waals surface area contributed by atoms with Crippen LogP contribution >= 0.6 is 11.6 Å². The van der Waals surface area contributed by atoms with Crippen molar-refractivity contribution in [3.05, 3.63) is 28.8 Å². The van der Waals surface area contributed by atoms with Gasteiger partial charge in [0.2, 0.25) is 0 Å². The number of piperazine rings is 1. The maximum Gasteiger partial charge on any atom is 0.126 e. The summed E-state index contributed by atoms with van der Waals surface area (Å²) < 4.78 is 19.0. The molecule has 4 aliphatic heterocycles. The highest BCUT2D eigenvalue weighted by atomic mass is 35.5. The number of piperidine rings is 1. The van der Waals surface area contributed by atoms with Crippen LogP contribution in [-0.2, 0) is 11.3 Å². The zero-order valence-corrected chi connectivity index (χ0v) is 15.5. The predicted molar refractivity (Wildman–Crippen MR) is 98.8 cm³/mol. The number of nitrogens with one attached hydrogen (secondary N) is 1. The topological polar surface area (TPSA) is 44.4 Å². The standard InChI is InChI=1S/C19H24ClFN4O/c20-16-5-13(21)6-17-19(16)23-18(22-17)11-24-9-14-7-15(10-24)25(14)8-12-1-3-26-4-2-12/h5-6,12,14-15H,1-4,7-11H2,(H,22,23). The molecule has 1 aromatic carbocycles. The lowest BCUT2D eigenvalue weighted by Crippen LogP contribution is -2.69. The van der Waals surface area contributed by atoms with Crippen LogP contribution in [0.3, 0.4) is 0 Å². The number of H-pyrrole nitrogens is 1. The lowest BCUT2D eigenvalue weighted by atomic mass is 9.85. The first-order valence-corrected chi connectivity index (χ1v) is 9.93. The molecule has 4 fully saturated rings. The third-order valence-corrected chi connectivity index (χ3v) is 6.45. The van der Waals surface area contributed by atoms with E-state index in [0.717, 1.165) is 44.6 Å². The van der Waals surface area contributed by atoms with E-state index in [1.54, 1.807) is 0 Å². The van der Waals surface area contributed by atoms with Gasteiger partial charge in [-0.15, -0.1) is 0 Å². The lowest BCUT2D eigenvalue weighted by molar-refractivity contribution is -0.0871. The van der Waals surface area contributed by atoms with Crippen molar-refractivity contribution in [1.82, 2.24) is 19.8 Å². The fraction of sp³-hybridized carbons (Fsp3) is 0.632. The number of nitrogens with zero attached hydrogens (tertiary/aromatic N) is 3. The van der Waals surface area contributed by atoms with E-state index in [-0.39, 0.29) is 5.82 Å². The van der Waals surface area contributed by atoms with Crippen LogP contribution in [0.1, 0.15) is 25.1 Å². The summed E-state index contributed by atoms with van der Waals surface area (Å²) in [5.74, 6) is 1.33. The molecule has 1 aromatic heterocycles. The Labute approximate surface area is 157 Å². The molecule has 0 spiro atoms. The number of imidazole rings is 1. The van der Waals surface area contributed by atoms with Crippen molar-refractivity contribution in [3.8, 4) is 0 Å². The first kappa shape index (κ1) is 16.9. The molecule has 5 nitrogen and oxygen atoms in total. The summed E-state index contributed by atoms with van der Waals surface area (Å²) in [6.07, 6.45) is 3.73. The van der Waals surface area contributed by atoms with E-state index in [4.69, 9.17) is 16.3 Å². The van der Waals surface area contributed by atoms with Gasteiger partial charge in [-0.25, -0.2) is 9.37 Å². The van der Waals surface area contributed by atoms with E-state index in [2.05, 4.69) is 19.8 Å². The van der Waals surface area contributed by atoms with Crippen molar-refractivity contribution >= 4 is 22.6 Å². The van der Waals surface area contributed by atoms with Crippen molar-refractivity contribution in [1.29, 1.82) is 0 Å². The van der Waals surface area contributed by atoms with Gasteiger partial charge in [0.25, 0.3) is 0 Å². The fourth-order valence-corrected chi connectivity index (χ4v) is 5.06. The number of hydrogen-bond donors (Lipinski definition) is 1. The Balaban J connectivity index is 1.22. The molecular formula is C19H24ClFN4O. The van der Waals surface area contributed by atoms with Gasteiger partial charge in [0.1, 0.15) is 17.2 Å². The van der Waals surface area contributed by atoms with Gasteiger partial charge in [-0.3, -0.25) is 9.80 Å². The molecule has 0 saturated carbocycles. The largest absolute Gasteiger partial charge is 0.381 e. The zero-order chi connectivity index (χ0) is 17.7. The van der Waals surface area contributed by atoms with Crippen molar-refractivity contribution < 1.29 is 9.13 Å². The number of ether oxygens (including phenoxy) is 1. The first-order chi connectivity index (χ1) is 12.7. The highest BCUT2D eigenvalue weighted by molar-refractivity contribution is 6.34. The summed E-state index contributed by atoms with van der Waals surface area (Å²) >= 11 is 6.11. The Morgan fingerprint density at radius 2 is 2.00 bits per heavy atom. The van der Waals surface area contributed by atoms with Crippen LogP contribution in [0.25, 0.3) is 11.0 Å². The van der Waals surface area contributed by atoms with E-state index in [1.807, 2.05) is 0 Å². The summed E-state index contributed by atoms with van der Waals surface area (Å²) in [5, 5.41) is 0.367. The highest BCUT2D eigenvalue weighted by Crippen LogP contribution is 2.35. The second-order valence-electron chi connectivity index (χ2n) is 7.96. The number of benzene rings is 1. The first-order valence-electron chi connectivity index (χ1n) is 9.55.